The summed E-state index contributed by atoms with van der Waals surface area (Å²) in [5.41, 5.74) is -1.66. The fourth-order valence-electron chi connectivity index (χ4n) is 12.4. The van der Waals surface area contributed by atoms with E-state index in [4.69, 9.17) is 9.47 Å². The minimum atomic E-state index is -1.68. The maximum atomic E-state index is 16.3. The van der Waals surface area contributed by atoms with Crippen LogP contribution < -0.4 is 5.32 Å². The Kier molecular flexibility index (Phi) is 14.3. The predicted octanol–water partition coefficient (Wildman–Crippen LogP) is 11.5. The predicted molar refractivity (Wildman–Crippen MR) is 253 cm³/mol. The number of carbonyl (C=O) groups is 2. The molecule has 3 heterocycles. The zero-order valence-corrected chi connectivity index (χ0v) is 43.4. The lowest BCUT2D eigenvalue weighted by Crippen LogP contribution is -2.68. The third-order valence-corrected chi connectivity index (χ3v) is 17.9. The van der Waals surface area contributed by atoms with E-state index in [9.17, 15) is 5.11 Å². The number of phenolic OH excluding ortho intramolecular Hbond substituents is 1. The van der Waals surface area contributed by atoms with Gasteiger partial charge < -0.3 is 19.9 Å². The average Bonchev–Trinajstić information content (AvgIpc) is 3.14. The topological polar surface area (TPSA) is 91.3 Å². The van der Waals surface area contributed by atoms with E-state index < -0.39 is 46.3 Å². The van der Waals surface area contributed by atoms with E-state index in [1.165, 1.54) is 0 Å². The molecule has 8 nitrogen and oxygen atoms in total. The highest BCUT2D eigenvalue weighted by Crippen LogP contribution is 2.53. The molecule has 2 N–H and O–H groups in total. The van der Waals surface area contributed by atoms with Crippen LogP contribution in [0.4, 0.5) is 0 Å². The Morgan fingerprint density at radius 1 is 0.656 bits per heavy atom. The van der Waals surface area contributed by atoms with Crippen molar-refractivity contribution in [2.24, 2.45) is 23.2 Å². The third-order valence-electron chi connectivity index (χ3n) is 17.9. The molecule has 0 bridgehead atoms. The SMILES string of the molecule is CCC1(C)CC(OC(=O)C(Cc2cc(C(C)(C)C)c(O)c(C(C)(C)C)c2)(C(=O)OC2CC(C)(CC)N(C)C(C)(CC)C2C)C2CC(C)(C)NC(C)(C)C2)C(C)C(C)(CC)N1C. The molecule has 3 saturated heterocycles. The first-order valence-corrected chi connectivity index (χ1v) is 24.1. The second-order valence-corrected chi connectivity index (χ2v) is 24.8. The molecule has 3 aliphatic rings. The van der Waals surface area contributed by atoms with Gasteiger partial charge in [0, 0.05) is 57.9 Å². The Bertz CT molecular complexity index is 1640. The molecule has 8 atom stereocenters. The molecule has 0 aromatic heterocycles. The standard InChI is InChI=1S/C53H93N3O5/c1-23-49(17)32-40(34(5)51(19,25-3)55(49)21)60-43(58)53(37-30-47(13,14)54-48(15,16)31-37,29-36-27-38(45(7,8)9)42(57)39(28-36)46(10,11)12)44(59)61-41-33-50(18,24-2)56(22)52(20,26-4)35(41)6/h27-28,34-35,37,40-41,54,57H,23-26,29-33H2,1-22H3. The zero-order chi connectivity index (χ0) is 46.9. The first kappa shape index (κ1) is 51.5. The van der Waals surface area contributed by atoms with E-state index in [1.807, 2.05) is 0 Å². The largest absolute Gasteiger partial charge is 0.507 e. The number of likely N-dealkylation sites (tertiary alicyclic amines) is 2. The number of benzene rings is 1. The number of carbonyl (C=O) groups excluding carboxylic acids is 2. The molecule has 3 aliphatic heterocycles. The smallest absolute Gasteiger partial charge is 0.324 e. The first-order chi connectivity index (χ1) is 27.6. The van der Waals surface area contributed by atoms with Gasteiger partial charge in [-0.25, -0.2) is 0 Å². The van der Waals surface area contributed by atoms with Crippen LogP contribution in [0, 0.1) is 23.2 Å². The van der Waals surface area contributed by atoms with Crippen molar-refractivity contribution in [1.29, 1.82) is 0 Å². The number of aromatic hydroxyl groups is 1. The van der Waals surface area contributed by atoms with Gasteiger partial charge in [0.1, 0.15) is 18.0 Å². The highest BCUT2D eigenvalue weighted by Gasteiger charge is 2.62. The fraction of sp³-hybridized carbons (Fsp3) is 0.849. The van der Waals surface area contributed by atoms with Gasteiger partial charge in [0.05, 0.1) is 0 Å². The summed E-state index contributed by atoms with van der Waals surface area (Å²) in [6, 6.07) is 4.11. The van der Waals surface area contributed by atoms with Crippen LogP contribution in [0.15, 0.2) is 12.1 Å². The van der Waals surface area contributed by atoms with Gasteiger partial charge in [0.2, 0.25) is 0 Å². The molecule has 0 aliphatic carbocycles. The Morgan fingerprint density at radius 2 is 1.00 bits per heavy atom. The highest BCUT2D eigenvalue weighted by molar-refractivity contribution is 6.01. The molecular weight excluding hydrogens is 759 g/mol. The van der Waals surface area contributed by atoms with Gasteiger partial charge in [0.15, 0.2) is 5.41 Å². The van der Waals surface area contributed by atoms with Gasteiger partial charge in [-0.3, -0.25) is 19.4 Å². The number of nitrogens with zero attached hydrogens (tertiary/aromatic N) is 2. The molecule has 4 rings (SSSR count). The van der Waals surface area contributed by atoms with Crippen LogP contribution in [0.5, 0.6) is 5.75 Å². The third kappa shape index (κ3) is 9.36. The summed E-state index contributed by atoms with van der Waals surface area (Å²) in [4.78, 5) is 37.6. The number of esters is 2. The van der Waals surface area contributed by atoms with Crippen molar-refractivity contribution >= 4 is 11.9 Å². The van der Waals surface area contributed by atoms with E-state index in [0.717, 1.165) is 42.4 Å². The van der Waals surface area contributed by atoms with E-state index in [-0.39, 0.29) is 57.2 Å². The molecular formula is C53H93N3O5. The Hall–Kier alpha value is -2.16. The van der Waals surface area contributed by atoms with Crippen molar-refractivity contribution < 1.29 is 24.2 Å². The summed E-state index contributed by atoms with van der Waals surface area (Å²) < 4.78 is 14.3. The molecule has 8 unspecified atom stereocenters. The van der Waals surface area contributed by atoms with Crippen molar-refractivity contribution in [1.82, 2.24) is 15.1 Å². The van der Waals surface area contributed by atoms with Gasteiger partial charge in [-0.05, 0) is 148 Å². The number of rotatable bonds is 11. The maximum Gasteiger partial charge on any atom is 0.324 e. The van der Waals surface area contributed by atoms with Gasteiger partial charge in [-0.15, -0.1) is 0 Å². The number of ether oxygens (including phenoxy) is 2. The van der Waals surface area contributed by atoms with E-state index in [2.05, 4.69) is 180 Å². The van der Waals surface area contributed by atoms with Crippen LogP contribution in [0.25, 0.3) is 0 Å². The van der Waals surface area contributed by atoms with Gasteiger partial charge in [-0.2, -0.15) is 0 Å². The molecule has 3 fully saturated rings. The minimum absolute atomic E-state index is 0.0128. The van der Waals surface area contributed by atoms with Crippen LogP contribution in [0.3, 0.4) is 0 Å². The van der Waals surface area contributed by atoms with Crippen molar-refractivity contribution in [3.63, 3.8) is 0 Å². The summed E-state index contributed by atoms with van der Waals surface area (Å²) in [5.74, 6) is -1.03. The quantitative estimate of drug-likeness (QED) is 0.168. The second kappa shape index (κ2) is 17.0. The number of phenols is 1. The monoisotopic (exact) mass is 852 g/mol. The van der Waals surface area contributed by atoms with E-state index in [1.54, 1.807) is 0 Å². The van der Waals surface area contributed by atoms with E-state index >= 15 is 9.59 Å². The number of piperidine rings is 3. The summed E-state index contributed by atoms with van der Waals surface area (Å²) in [5, 5.41) is 15.8. The second-order valence-electron chi connectivity index (χ2n) is 24.8. The highest BCUT2D eigenvalue weighted by atomic mass is 16.6. The summed E-state index contributed by atoms with van der Waals surface area (Å²) in [7, 11) is 4.45. The van der Waals surface area contributed by atoms with Crippen molar-refractivity contribution in [3.05, 3.63) is 28.8 Å². The van der Waals surface area contributed by atoms with Crippen LogP contribution in [-0.4, -0.2) is 86.4 Å². The molecule has 0 saturated carbocycles. The summed E-state index contributed by atoms with van der Waals surface area (Å²) >= 11 is 0. The lowest BCUT2D eigenvalue weighted by Gasteiger charge is -2.60. The fourth-order valence-corrected chi connectivity index (χ4v) is 12.4. The van der Waals surface area contributed by atoms with Crippen molar-refractivity contribution in [2.45, 2.75) is 253 Å². The van der Waals surface area contributed by atoms with E-state index in [0.29, 0.717) is 25.7 Å². The Balaban J connectivity index is 2.08. The molecule has 350 valence electrons. The summed E-state index contributed by atoms with van der Waals surface area (Å²) in [6.07, 6.45) is 5.43. The maximum absolute atomic E-state index is 16.3. The Morgan fingerprint density at radius 3 is 1.30 bits per heavy atom. The van der Waals surface area contributed by atoms with Crippen LogP contribution in [0.2, 0.25) is 0 Å². The molecule has 1 aromatic carbocycles. The minimum Gasteiger partial charge on any atom is -0.507 e. The van der Waals surface area contributed by atoms with Crippen LogP contribution >= 0.6 is 0 Å². The molecule has 61 heavy (non-hydrogen) atoms. The zero-order valence-electron chi connectivity index (χ0n) is 43.4. The average molecular weight is 852 g/mol. The van der Waals surface area contributed by atoms with Crippen LogP contribution in [-0.2, 0) is 36.3 Å². The normalized spacial score (nSPS) is 35.0. The van der Waals surface area contributed by atoms with Crippen LogP contribution in [0.1, 0.15) is 207 Å². The lowest BCUT2D eigenvalue weighted by atomic mass is 9.60. The molecule has 1 aromatic rings. The number of nitrogens with one attached hydrogen (secondary N) is 1. The van der Waals surface area contributed by atoms with Crippen molar-refractivity contribution in [3.8, 4) is 5.75 Å². The number of hydrogen-bond acceptors (Lipinski definition) is 8. The van der Waals surface area contributed by atoms with Gasteiger partial charge in [-0.1, -0.05) is 95.2 Å². The van der Waals surface area contributed by atoms with Crippen molar-refractivity contribution in [2.75, 3.05) is 14.1 Å². The van der Waals surface area contributed by atoms with Gasteiger partial charge >= 0.3 is 11.9 Å². The first-order valence-electron chi connectivity index (χ1n) is 24.1. The molecule has 0 amide bonds. The Labute approximate surface area is 374 Å². The lowest BCUT2D eigenvalue weighted by molar-refractivity contribution is -0.204. The van der Waals surface area contributed by atoms with Gasteiger partial charge in [0.25, 0.3) is 0 Å². The number of hydrogen-bond donors (Lipinski definition) is 2. The molecule has 0 radical (unpaired) electrons. The molecule has 8 heteroatoms. The summed E-state index contributed by atoms with van der Waals surface area (Å²) in [6.45, 7) is 44.0. The molecule has 0 spiro atoms.